The standard InChI is InChI=1S/C36H50N4O2/c1-24(2)29-18-16-26(5)21-31(29)41-35-14-9-12-33(38-35)40(23-28-11-7-8-20-37-28)34-13-10-15-36(39-34)42-32-22-27(6)17-19-30(32)25(3)4/h7-15,20,24-27,29-32H,16-19,21-23H2,1-6H3/t26-,27-,29+,30+,31-,32-/m0/s1. The molecule has 0 aromatic carbocycles. The molecule has 3 heterocycles. The van der Waals surface area contributed by atoms with Crippen molar-refractivity contribution >= 4 is 11.6 Å². The molecule has 2 aliphatic rings. The Labute approximate surface area is 253 Å². The van der Waals surface area contributed by atoms with E-state index in [1.165, 1.54) is 25.7 Å². The van der Waals surface area contributed by atoms with E-state index < -0.39 is 0 Å². The smallest absolute Gasteiger partial charge is 0.215 e. The monoisotopic (exact) mass is 570 g/mol. The molecule has 0 radical (unpaired) electrons. The lowest BCUT2D eigenvalue weighted by Gasteiger charge is -2.37. The number of aromatic nitrogens is 3. The normalized spacial score (nSPS) is 26.3. The van der Waals surface area contributed by atoms with Gasteiger partial charge in [-0.25, -0.2) is 0 Å². The van der Waals surface area contributed by atoms with Crippen molar-refractivity contribution in [1.29, 1.82) is 0 Å². The van der Waals surface area contributed by atoms with E-state index in [0.29, 0.717) is 53.8 Å². The highest BCUT2D eigenvalue weighted by atomic mass is 16.5. The molecule has 42 heavy (non-hydrogen) atoms. The molecular weight excluding hydrogens is 520 g/mol. The fourth-order valence-electron chi connectivity index (χ4n) is 6.98. The van der Waals surface area contributed by atoms with Gasteiger partial charge in [-0.15, -0.1) is 0 Å². The average Bonchev–Trinajstić information content (AvgIpc) is 2.96. The Hall–Kier alpha value is -3.15. The molecule has 0 saturated heterocycles. The third-order valence-corrected chi connectivity index (χ3v) is 9.48. The SMILES string of the molecule is CC(C)[C@H]1CC[C@H](C)C[C@@H]1Oc1cccc(N(Cc2ccccn2)c2cccc(O[C@H]3C[C@@H](C)CC[C@@H]3C(C)C)n2)n1. The van der Waals surface area contributed by atoms with Crippen LogP contribution in [-0.4, -0.2) is 27.2 Å². The molecular formula is C36H50N4O2. The average molecular weight is 571 g/mol. The van der Waals surface area contributed by atoms with Crippen molar-refractivity contribution in [2.24, 2.45) is 35.5 Å². The fraction of sp³-hybridized carbons (Fsp3) is 0.583. The minimum absolute atomic E-state index is 0.183. The second kappa shape index (κ2) is 13.9. The first-order valence-electron chi connectivity index (χ1n) is 16.2. The van der Waals surface area contributed by atoms with Gasteiger partial charge in [-0.2, -0.15) is 9.97 Å². The predicted molar refractivity (Wildman–Crippen MR) is 170 cm³/mol. The topological polar surface area (TPSA) is 60.4 Å². The maximum absolute atomic E-state index is 6.65. The number of pyridine rings is 3. The summed E-state index contributed by atoms with van der Waals surface area (Å²) in [6.45, 7) is 14.5. The molecule has 0 amide bonds. The van der Waals surface area contributed by atoms with Gasteiger partial charge in [-0.05, 0) is 85.5 Å². The molecule has 2 saturated carbocycles. The van der Waals surface area contributed by atoms with Crippen molar-refractivity contribution in [3.63, 3.8) is 0 Å². The maximum atomic E-state index is 6.65. The Kier molecular flexibility index (Phi) is 10.0. The zero-order valence-electron chi connectivity index (χ0n) is 26.4. The lowest BCUT2D eigenvalue weighted by molar-refractivity contribution is 0.0426. The second-order valence-corrected chi connectivity index (χ2v) is 13.5. The summed E-state index contributed by atoms with van der Waals surface area (Å²) in [5.74, 6) is 6.53. The first kappa shape index (κ1) is 30.3. The van der Waals surface area contributed by atoms with Gasteiger partial charge < -0.3 is 14.4 Å². The van der Waals surface area contributed by atoms with Crippen LogP contribution >= 0.6 is 0 Å². The summed E-state index contributed by atoms with van der Waals surface area (Å²) in [5, 5.41) is 0. The van der Waals surface area contributed by atoms with E-state index in [0.717, 1.165) is 30.2 Å². The van der Waals surface area contributed by atoms with Crippen LogP contribution in [0.1, 0.15) is 85.8 Å². The quantitative estimate of drug-likeness (QED) is 0.243. The Bertz CT molecular complexity index is 1190. The van der Waals surface area contributed by atoms with Crippen LogP contribution in [0.2, 0.25) is 0 Å². The van der Waals surface area contributed by atoms with Crippen LogP contribution in [0.4, 0.5) is 11.6 Å². The van der Waals surface area contributed by atoms with Gasteiger partial charge in [0, 0.05) is 18.3 Å². The third kappa shape index (κ3) is 7.62. The van der Waals surface area contributed by atoms with Crippen molar-refractivity contribution in [1.82, 2.24) is 15.0 Å². The fourth-order valence-corrected chi connectivity index (χ4v) is 6.98. The molecule has 0 N–H and O–H groups in total. The lowest BCUT2D eigenvalue weighted by atomic mass is 9.75. The molecule has 2 fully saturated rings. The molecule has 226 valence electrons. The first-order chi connectivity index (χ1) is 20.3. The van der Waals surface area contributed by atoms with E-state index in [9.17, 15) is 0 Å². The van der Waals surface area contributed by atoms with Gasteiger partial charge in [0.1, 0.15) is 23.8 Å². The van der Waals surface area contributed by atoms with Crippen molar-refractivity contribution in [2.45, 2.75) is 98.8 Å². The Morgan fingerprint density at radius 2 is 1.21 bits per heavy atom. The summed E-state index contributed by atoms with van der Waals surface area (Å²) < 4.78 is 13.3. The Morgan fingerprint density at radius 1 is 0.690 bits per heavy atom. The molecule has 3 aromatic heterocycles. The molecule has 6 nitrogen and oxygen atoms in total. The van der Waals surface area contributed by atoms with Crippen LogP contribution in [-0.2, 0) is 6.54 Å². The van der Waals surface area contributed by atoms with E-state index in [4.69, 9.17) is 19.4 Å². The molecule has 0 bridgehead atoms. The minimum Gasteiger partial charge on any atom is -0.474 e. The third-order valence-electron chi connectivity index (χ3n) is 9.48. The highest BCUT2D eigenvalue weighted by molar-refractivity contribution is 5.57. The minimum atomic E-state index is 0.183. The Balaban J connectivity index is 1.43. The van der Waals surface area contributed by atoms with Gasteiger partial charge in [0.05, 0.1) is 12.2 Å². The van der Waals surface area contributed by atoms with Crippen molar-refractivity contribution < 1.29 is 9.47 Å². The zero-order chi connectivity index (χ0) is 29.6. The van der Waals surface area contributed by atoms with Crippen LogP contribution in [0.3, 0.4) is 0 Å². The molecule has 0 unspecified atom stereocenters. The van der Waals surface area contributed by atoms with E-state index in [1.807, 2.05) is 60.8 Å². The number of ether oxygens (including phenoxy) is 2. The lowest BCUT2D eigenvalue weighted by Crippen LogP contribution is -2.36. The van der Waals surface area contributed by atoms with E-state index >= 15 is 0 Å². The number of hydrogen-bond acceptors (Lipinski definition) is 6. The van der Waals surface area contributed by atoms with Gasteiger partial charge in [0.2, 0.25) is 11.8 Å². The van der Waals surface area contributed by atoms with Gasteiger partial charge in [0.25, 0.3) is 0 Å². The summed E-state index contributed by atoms with van der Waals surface area (Å²) in [6.07, 6.45) is 9.32. The van der Waals surface area contributed by atoms with Gasteiger partial charge >= 0.3 is 0 Å². The van der Waals surface area contributed by atoms with Crippen LogP contribution in [0, 0.1) is 35.5 Å². The van der Waals surface area contributed by atoms with Gasteiger partial charge in [0.15, 0.2) is 0 Å². The van der Waals surface area contributed by atoms with Crippen LogP contribution in [0.15, 0.2) is 60.8 Å². The largest absolute Gasteiger partial charge is 0.474 e. The number of nitrogens with zero attached hydrogens (tertiary/aromatic N) is 4. The summed E-state index contributed by atoms with van der Waals surface area (Å²) >= 11 is 0. The summed E-state index contributed by atoms with van der Waals surface area (Å²) in [6, 6.07) is 18.1. The van der Waals surface area contributed by atoms with Crippen molar-refractivity contribution in [2.75, 3.05) is 4.90 Å². The molecule has 0 aliphatic heterocycles. The van der Waals surface area contributed by atoms with Crippen molar-refractivity contribution in [3.05, 3.63) is 66.5 Å². The molecule has 0 spiro atoms. The summed E-state index contributed by atoms with van der Waals surface area (Å²) in [7, 11) is 0. The number of hydrogen-bond donors (Lipinski definition) is 0. The van der Waals surface area contributed by atoms with E-state index in [-0.39, 0.29) is 12.2 Å². The highest BCUT2D eigenvalue weighted by Crippen LogP contribution is 2.38. The van der Waals surface area contributed by atoms with Crippen LogP contribution in [0.5, 0.6) is 11.8 Å². The number of anilines is 2. The second-order valence-electron chi connectivity index (χ2n) is 13.5. The molecule has 6 atom stereocenters. The highest BCUT2D eigenvalue weighted by Gasteiger charge is 2.34. The first-order valence-corrected chi connectivity index (χ1v) is 16.2. The van der Waals surface area contributed by atoms with Crippen LogP contribution in [0.25, 0.3) is 0 Å². The van der Waals surface area contributed by atoms with E-state index in [2.05, 4.69) is 51.4 Å². The number of rotatable bonds is 10. The van der Waals surface area contributed by atoms with Gasteiger partial charge in [-0.3, -0.25) is 4.98 Å². The zero-order valence-corrected chi connectivity index (χ0v) is 26.4. The van der Waals surface area contributed by atoms with Crippen molar-refractivity contribution in [3.8, 4) is 11.8 Å². The molecule has 6 heteroatoms. The Morgan fingerprint density at radius 3 is 1.67 bits per heavy atom. The predicted octanol–water partition coefficient (Wildman–Crippen LogP) is 8.89. The molecule has 2 aliphatic carbocycles. The maximum Gasteiger partial charge on any atom is 0.215 e. The van der Waals surface area contributed by atoms with Gasteiger partial charge in [-0.1, -0.05) is 72.6 Å². The molecule has 5 rings (SSSR count). The molecule has 3 aromatic rings. The summed E-state index contributed by atoms with van der Waals surface area (Å²) in [5.41, 5.74) is 0.945. The van der Waals surface area contributed by atoms with Crippen LogP contribution < -0.4 is 14.4 Å². The summed E-state index contributed by atoms with van der Waals surface area (Å²) in [4.78, 5) is 16.8. The van der Waals surface area contributed by atoms with E-state index in [1.54, 1.807) is 0 Å².